The number of carbonyl (C=O) groups excluding carboxylic acids is 3. The van der Waals surface area contributed by atoms with Gasteiger partial charge in [-0.25, -0.2) is 9.59 Å². The molecule has 12 heteroatoms. The Morgan fingerprint density at radius 3 is 1.85 bits per heavy atom. The van der Waals surface area contributed by atoms with Crippen molar-refractivity contribution in [2.24, 2.45) is 10.8 Å². The Kier molecular flexibility index (Phi) is 14.8. The summed E-state index contributed by atoms with van der Waals surface area (Å²) in [5, 5.41) is 30.6. The molecule has 1 heterocycles. The van der Waals surface area contributed by atoms with Crippen LogP contribution in [0.4, 0.5) is 9.59 Å². The molecule has 2 aromatic carbocycles. The molecule has 0 bridgehead atoms. The van der Waals surface area contributed by atoms with Gasteiger partial charge in [0, 0.05) is 24.8 Å². The van der Waals surface area contributed by atoms with E-state index in [1.807, 2.05) is 93.6 Å². The zero-order valence-corrected chi connectivity index (χ0v) is 33.3. The van der Waals surface area contributed by atoms with Gasteiger partial charge in [-0.3, -0.25) is 19.5 Å². The highest BCUT2D eigenvalue weighted by atomic mass is 16.6. The first-order valence-electron chi connectivity index (χ1n) is 18.3. The summed E-state index contributed by atoms with van der Waals surface area (Å²) < 4.78 is 5.45. The van der Waals surface area contributed by atoms with Crippen LogP contribution in [0.15, 0.2) is 79.0 Å². The van der Waals surface area contributed by atoms with Crippen LogP contribution in [0.3, 0.4) is 0 Å². The first kappa shape index (κ1) is 43.4. The molecular weight excluding hydrogens is 686 g/mol. The molecule has 5 atom stereocenters. The van der Waals surface area contributed by atoms with E-state index in [2.05, 4.69) is 20.9 Å². The van der Waals surface area contributed by atoms with Crippen LogP contribution >= 0.6 is 0 Å². The lowest BCUT2D eigenvalue weighted by molar-refractivity contribution is -0.130. The molecule has 54 heavy (non-hydrogen) atoms. The third kappa shape index (κ3) is 13.5. The van der Waals surface area contributed by atoms with Crippen LogP contribution < -0.4 is 16.0 Å². The average Bonchev–Trinajstić information content (AvgIpc) is 3.06. The topological polar surface area (TPSA) is 170 Å². The van der Waals surface area contributed by atoms with Crippen molar-refractivity contribution in [3.63, 3.8) is 0 Å². The van der Waals surface area contributed by atoms with Gasteiger partial charge in [0.2, 0.25) is 11.8 Å². The molecule has 5 N–H and O–H groups in total. The van der Waals surface area contributed by atoms with Crippen molar-refractivity contribution in [3.05, 3.63) is 90.1 Å². The fraction of sp³-hybridized carbons (Fsp3) is 0.500. The van der Waals surface area contributed by atoms with Gasteiger partial charge in [0.15, 0.2) is 0 Å². The van der Waals surface area contributed by atoms with E-state index < -0.39 is 70.7 Å². The number of likely N-dealkylation sites (N-methyl/N-ethyl adjacent to an activating group) is 1. The summed E-state index contributed by atoms with van der Waals surface area (Å²) in [6.07, 6.45) is -0.880. The van der Waals surface area contributed by atoms with Crippen molar-refractivity contribution in [2.45, 2.75) is 117 Å². The summed E-state index contributed by atoms with van der Waals surface area (Å²) in [6.45, 7) is 16.0. The number of rotatable bonds is 14. The molecule has 3 rings (SSSR count). The number of aliphatic hydroxyl groups is 1. The van der Waals surface area contributed by atoms with E-state index in [1.165, 1.54) is 7.05 Å². The summed E-state index contributed by atoms with van der Waals surface area (Å²) >= 11 is 0. The van der Waals surface area contributed by atoms with Gasteiger partial charge in [-0.05, 0) is 74.1 Å². The fourth-order valence-corrected chi connectivity index (χ4v) is 6.34. The minimum atomic E-state index is -1.24. The molecule has 0 fully saturated rings. The van der Waals surface area contributed by atoms with Gasteiger partial charge in [-0.15, -0.1) is 0 Å². The largest absolute Gasteiger partial charge is 0.465 e. The smallest absolute Gasteiger partial charge is 0.408 e. The normalized spacial score (nSPS) is 14.8. The molecule has 1 aromatic heterocycles. The lowest BCUT2D eigenvalue weighted by Gasteiger charge is -2.37. The van der Waals surface area contributed by atoms with E-state index in [4.69, 9.17) is 4.74 Å². The maximum Gasteiger partial charge on any atom is 0.408 e. The predicted octanol–water partition coefficient (Wildman–Crippen LogP) is 6.22. The molecule has 0 unspecified atom stereocenters. The van der Waals surface area contributed by atoms with Crippen LogP contribution in [-0.2, 0) is 27.2 Å². The van der Waals surface area contributed by atoms with Crippen LogP contribution in [0.2, 0.25) is 0 Å². The van der Waals surface area contributed by atoms with E-state index >= 15 is 0 Å². The summed E-state index contributed by atoms with van der Waals surface area (Å²) in [4.78, 5) is 58.3. The third-order valence-corrected chi connectivity index (χ3v) is 8.91. The minimum Gasteiger partial charge on any atom is -0.465 e. The lowest BCUT2D eigenvalue weighted by atomic mass is 9.84. The molecule has 4 amide bonds. The van der Waals surface area contributed by atoms with Crippen molar-refractivity contribution in [2.75, 3.05) is 7.05 Å². The molecule has 3 aromatic rings. The van der Waals surface area contributed by atoms with E-state index in [-0.39, 0.29) is 12.8 Å². The molecule has 0 saturated heterocycles. The second-order valence-corrected chi connectivity index (χ2v) is 17.0. The quantitative estimate of drug-likeness (QED) is 0.130. The predicted molar refractivity (Wildman–Crippen MR) is 210 cm³/mol. The molecule has 0 radical (unpaired) electrons. The number of pyridine rings is 1. The number of hydrogen-bond donors (Lipinski definition) is 5. The highest BCUT2D eigenvalue weighted by Crippen LogP contribution is 2.26. The van der Waals surface area contributed by atoms with Gasteiger partial charge in [0.25, 0.3) is 0 Å². The first-order chi connectivity index (χ1) is 25.0. The first-order valence-corrected chi connectivity index (χ1v) is 18.3. The number of nitrogens with one attached hydrogen (secondary N) is 3. The van der Waals surface area contributed by atoms with E-state index in [9.17, 15) is 29.4 Å². The zero-order valence-electron chi connectivity index (χ0n) is 33.3. The molecule has 294 valence electrons. The van der Waals surface area contributed by atoms with Crippen molar-refractivity contribution in [1.82, 2.24) is 25.8 Å². The standard InChI is InChI=1S/C42H59N5O7/c1-40(2,3)34(46-38(51)54-42(7,8)9)36(49)45-32(25-27-16-12-11-13-17-27)33(48)26-30(44-37(50)35(41(4,5)6)47(10)39(52)53)24-28-19-21-29(22-20-28)31-18-14-15-23-43-31/h11-23,30,32-35,48H,24-26H2,1-10H3,(H,44,50)(H,45,49)(H,46,51)(H,52,53)/t30-,32-,33-,34+,35+/m0/s1. The Bertz CT molecular complexity index is 1680. The van der Waals surface area contributed by atoms with Crippen molar-refractivity contribution in [3.8, 4) is 11.3 Å². The fourth-order valence-electron chi connectivity index (χ4n) is 6.34. The number of carboxylic acid groups (broad SMARTS) is 1. The zero-order chi connectivity index (χ0) is 40.4. The van der Waals surface area contributed by atoms with Crippen LogP contribution in [-0.4, -0.2) is 87.0 Å². The van der Waals surface area contributed by atoms with Crippen LogP contribution in [0, 0.1) is 10.8 Å². The number of benzene rings is 2. The van der Waals surface area contributed by atoms with Gasteiger partial charge in [0.05, 0.1) is 17.8 Å². The number of hydrogen-bond acceptors (Lipinski definition) is 7. The Morgan fingerprint density at radius 1 is 0.741 bits per heavy atom. The second-order valence-electron chi connectivity index (χ2n) is 17.0. The van der Waals surface area contributed by atoms with Crippen LogP contribution in [0.25, 0.3) is 11.3 Å². The van der Waals surface area contributed by atoms with Gasteiger partial charge in [-0.1, -0.05) is 102 Å². The lowest BCUT2D eigenvalue weighted by Crippen LogP contribution is -2.59. The Hall–Kier alpha value is -4.97. The van der Waals surface area contributed by atoms with Crippen molar-refractivity contribution in [1.29, 1.82) is 0 Å². The molecular formula is C42H59N5O7. The van der Waals surface area contributed by atoms with E-state index in [0.29, 0.717) is 6.42 Å². The molecule has 0 aliphatic carbocycles. The highest BCUT2D eigenvalue weighted by Gasteiger charge is 2.40. The van der Waals surface area contributed by atoms with Crippen molar-refractivity contribution < 1.29 is 34.1 Å². The molecule has 0 aliphatic rings. The number of ether oxygens (including phenoxy) is 1. The minimum absolute atomic E-state index is 0.0127. The SMILES string of the molecule is CN(C(=O)O)[C@H](C(=O)N[C@@H](Cc1ccc(-c2ccccn2)cc1)C[C@H](O)[C@H](Cc1ccccc1)NC(=O)[C@@H](NC(=O)OC(C)(C)C)C(C)(C)C)C(C)(C)C. The Labute approximate surface area is 320 Å². The number of alkyl carbamates (subject to hydrolysis) is 1. The number of carbonyl (C=O) groups is 4. The monoisotopic (exact) mass is 745 g/mol. The highest BCUT2D eigenvalue weighted by molar-refractivity contribution is 5.87. The van der Waals surface area contributed by atoms with Crippen LogP contribution in [0.5, 0.6) is 0 Å². The number of nitrogens with zero attached hydrogens (tertiary/aromatic N) is 2. The van der Waals surface area contributed by atoms with Gasteiger partial charge >= 0.3 is 12.2 Å². The maximum absolute atomic E-state index is 14.0. The van der Waals surface area contributed by atoms with Gasteiger partial charge in [-0.2, -0.15) is 0 Å². The Morgan fingerprint density at radius 2 is 1.33 bits per heavy atom. The average molecular weight is 746 g/mol. The second kappa shape index (κ2) is 18.4. The molecule has 0 spiro atoms. The number of aliphatic hydroxyl groups excluding tert-OH is 1. The molecule has 0 saturated carbocycles. The van der Waals surface area contributed by atoms with Gasteiger partial charge in [0.1, 0.15) is 17.7 Å². The summed E-state index contributed by atoms with van der Waals surface area (Å²) in [6, 6.07) is 19.2. The number of aromatic nitrogens is 1. The van der Waals surface area contributed by atoms with Crippen LogP contribution in [0.1, 0.15) is 79.9 Å². The summed E-state index contributed by atoms with van der Waals surface area (Å²) in [5.41, 5.74) is 1.19. The summed E-state index contributed by atoms with van der Waals surface area (Å²) in [7, 11) is 1.36. The molecule has 0 aliphatic heterocycles. The third-order valence-electron chi connectivity index (χ3n) is 8.91. The van der Waals surface area contributed by atoms with Crippen molar-refractivity contribution >= 4 is 24.0 Å². The maximum atomic E-state index is 14.0. The Balaban J connectivity index is 1.98. The molecule has 12 nitrogen and oxygen atoms in total. The van der Waals surface area contributed by atoms with E-state index in [1.54, 1.807) is 47.7 Å². The van der Waals surface area contributed by atoms with E-state index in [0.717, 1.165) is 27.3 Å². The van der Waals surface area contributed by atoms with Gasteiger partial charge < -0.3 is 30.9 Å². The number of amides is 4. The summed E-state index contributed by atoms with van der Waals surface area (Å²) in [5.74, 6) is -1.01.